The molecule has 1 saturated carbocycles. The average molecular weight is 367 g/mol. The lowest BCUT2D eigenvalue weighted by Gasteiger charge is -2.17. The molecule has 0 aromatic carbocycles. The Morgan fingerprint density at radius 3 is 2.63 bits per heavy atom. The van der Waals surface area contributed by atoms with Crippen LogP contribution in [0.1, 0.15) is 70.9 Å². The number of pyridine rings is 1. The number of fused-ring (bicyclic) bond motifs is 1. The van der Waals surface area contributed by atoms with Crippen molar-refractivity contribution < 1.29 is 9.59 Å². The van der Waals surface area contributed by atoms with E-state index in [4.69, 9.17) is 0 Å². The molecule has 1 fully saturated rings. The van der Waals surface area contributed by atoms with Crippen molar-refractivity contribution in [2.75, 3.05) is 0 Å². The van der Waals surface area contributed by atoms with Gasteiger partial charge >= 0.3 is 0 Å². The monoisotopic (exact) mass is 367 g/mol. The first kappa shape index (κ1) is 17.7. The number of nitrogens with zero attached hydrogens (tertiary/aromatic N) is 3. The Morgan fingerprint density at radius 2 is 1.85 bits per heavy atom. The predicted molar refractivity (Wildman–Crippen MR) is 100 cm³/mol. The molecule has 2 N–H and O–H groups in total. The van der Waals surface area contributed by atoms with Crippen molar-refractivity contribution in [2.45, 2.75) is 64.1 Å². The first-order chi connectivity index (χ1) is 13.2. The topological polar surface area (TPSA) is 88.9 Å². The van der Waals surface area contributed by atoms with Gasteiger partial charge in [0, 0.05) is 31.5 Å². The maximum atomic E-state index is 12.8. The Morgan fingerprint density at radius 1 is 1.07 bits per heavy atom. The van der Waals surface area contributed by atoms with E-state index in [2.05, 4.69) is 20.6 Å². The van der Waals surface area contributed by atoms with Gasteiger partial charge in [0.2, 0.25) is 0 Å². The van der Waals surface area contributed by atoms with Crippen LogP contribution in [0.25, 0.3) is 0 Å². The van der Waals surface area contributed by atoms with Crippen molar-refractivity contribution in [3.8, 4) is 0 Å². The van der Waals surface area contributed by atoms with E-state index < -0.39 is 0 Å². The fraction of sp³-hybridized carbons (Fsp3) is 0.500. The van der Waals surface area contributed by atoms with E-state index in [0.29, 0.717) is 18.1 Å². The molecule has 0 atom stereocenters. The zero-order valence-corrected chi connectivity index (χ0v) is 15.4. The highest BCUT2D eigenvalue weighted by Crippen LogP contribution is 2.23. The van der Waals surface area contributed by atoms with Gasteiger partial charge in [0.05, 0.1) is 5.69 Å². The van der Waals surface area contributed by atoms with E-state index in [9.17, 15) is 9.59 Å². The van der Waals surface area contributed by atoms with Crippen LogP contribution < -0.4 is 10.6 Å². The summed E-state index contributed by atoms with van der Waals surface area (Å²) in [7, 11) is 0. The summed E-state index contributed by atoms with van der Waals surface area (Å²) >= 11 is 0. The molecule has 3 heterocycles. The first-order valence-electron chi connectivity index (χ1n) is 9.80. The minimum Gasteiger partial charge on any atom is -0.348 e. The van der Waals surface area contributed by atoms with Gasteiger partial charge in [0.15, 0.2) is 5.82 Å². The molecule has 0 spiro atoms. The Kier molecular flexibility index (Phi) is 5.18. The molecule has 1 aliphatic carbocycles. The molecule has 0 unspecified atom stereocenters. The molecule has 1 aliphatic heterocycles. The maximum Gasteiger partial charge on any atom is 0.287 e. The Balaban J connectivity index is 1.52. The second-order valence-corrected chi connectivity index (χ2v) is 7.33. The molecule has 2 aromatic heterocycles. The third kappa shape index (κ3) is 3.86. The fourth-order valence-electron chi connectivity index (χ4n) is 3.98. The van der Waals surface area contributed by atoms with Crippen molar-refractivity contribution in [2.24, 2.45) is 0 Å². The van der Waals surface area contributed by atoms with Gasteiger partial charge in [0.1, 0.15) is 5.69 Å². The van der Waals surface area contributed by atoms with Crippen LogP contribution in [-0.2, 0) is 19.5 Å². The van der Waals surface area contributed by atoms with E-state index in [1.54, 1.807) is 12.4 Å². The number of hydrogen-bond acceptors (Lipinski definition) is 4. The minimum absolute atomic E-state index is 0.138. The molecular formula is C20H25N5O2. The average Bonchev–Trinajstić information content (AvgIpc) is 3.34. The number of nitrogens with one attached hydrogen (secondary N) is 2. The number of rotatable bonds is 5. The van der Waals surface area contributed by atoms with Crippen molar-refractivity contribution in [3.05, 3.63) is 47.3 Å². The van der Waals surface area contributed by atoms with Crippen molar-refractivity contribution in [3.63, 3.8) is 0 Å². The Hall–Kier alpha value is -2.70. The second-order valence-electron chi connectivity index (χ2n) is 7.33. The first-order valence-corrected chi connectivity index (χ1v) is 9.80. The minimum atomic E-state index is -0.241. The zero-order valence-electron chi connectivity index (χ0n) is 15.4. The number of aromatic nitrogens is 3. The third-order valence-electron chi connectivity index (χ3n) is 5.43. The van der Waals surface area contributed by atoms with E-state index in [0.717, 1.165) is 62.7 Å². The molecule has 2 aliphatic rings. The lowest BCUT2D eigenvalue weighted by molar-refractivity contribution is 0.0931. The van der Waals surface area contributed by atoms with E-state index in [1.807, 2.05) is 16.7 Å². The van der Waals surface area contributed by atoms with E-state index >= 15 is 0 Å². The largest absolute Gasteiger partial charge is 0.348 e. The number of carbonyl (C=O) groups is 2. The van der Waals surface area contributed by atoms with Gasteiger partial charge < -0.3 is 15.2 Å². The summed E-state index contributed by atoms with van der Waals surface area (Å²) in [4.78, 5) is 33.9. The van der Waals surface area contributed by atoms with Gasteiger partial charge in [-0.25, -0.2) is 4.98 Å². The molecule has 0 saturated heterocycles. The lowest BCUT2D eigenvalue weighted by Crippen LogP contribution is -2.33. The van der Waals surface area contributed by atoms with E-state index in [1.165, 1.54) is 0 Å². The van der Waals surface area contributed by atoms with Gasteiger partial charge in [0.25, 0.3) is 11.8 Å². The number of hydrogen-bond donors (Lipinski definition) is 2. The van der Waals surface area contributed by atoms with Crippen LogP contribution in [0, 0.1) is 0 Å². The molecule has 27 heavy (non-hydrogen) atoms. The highest BCUT2D eigenvalue weighted by molar-refractivity contribution is 5.97. The molecule has 142 valence electrons. The van der Waals surface area contributed by atoms with E-state index in [-0.39, 0.29) is 17.9 Å². The molecular weight excluding hydrogens is 342 g/mol. The van der Waals surface area contributed by atoms with Crippen LogP contribution in [-0.4, -0.2) is 32.4 Å². The third-order valence-corrected chi connectivity index (χ3v) is 5.43. The molecule has 7 nitrogen and oxygen atoms in total. The Bertz CT molecular complexity index is 824. The van der Waals surface area contributed by atoms with Crippen LogP contribution >= 0.6 is 0 Å². The summed E-state index contributed by atoms with van der Waals surface area (Å²) in [6.07, 6.45) is 10.6. The lowest BCUT2D eigenvalue weighted by atomic mass is 10.1. The smallest absolute Gasteiger partial charge is 0.287 e. The normalized spacial score (nSPS) is 16.7. The van der Waals surface area contributed by atoms with Crippen LogP contribution in [0.3, 0.4) is 0 Å². The summed E-state index contributed by atoms with van der Waals surface area (Å²) in [5.41, 5.74) is 2.30. The zero-order chi connectivity index (χ0) is 18.6. The summed E-state index contributed by atoms with van der Waals surface area (Å²) < 4.78 is 1.93. The summed E-state index contributed by atoms with van der Waals surface area (Å²) in [6, 6.07) is 3.96. The predicted octanol–water partition coefficient (Wildman–Crippen LogP) is 2.22. The molecule has 0 radical (unpaired) electrons. The molecule has 0 bridgehead atoms. The van der Waals surface area contributed by atoms with Crippen molar-refractivity contribution in [1.29, 1.82) is 0 Å². The van der Waals surface area contributed by atoms with Crippen LogP contribution in [0.15, 0.2) is 24.5 Å². The number of imidazole rings is 1. The summed E-state index contributed by atoms with van der Waals surface area (Å²) in [6.45, 7) is 1.14. The van der Waals surface area contributed by atoms with Crippen LogP contribution in [0.2, 0.25) is 0 Å². The molecule has 4 rings (SSSR count). The summed E-state index contributed by atoms with van der Waals surface area (Å²) in [5, 5.41) is 6.01. The quantitative estimate of drug-likeness (QED) is 0.848. The van der Waals surface area contributed by atoms with Crippen LogP contribution in [0.5, 0.6) is 0 Å². The fourth-order valence-corrected chi connectivity index (χ4v) is 3.98. The SMILES string of the molecule is O=C(NC1CCCC1)c1nc(C(=O)NCc2ccncc2)n2c1CCCC2. The highest BCUT2D eigenvalue weighted by atomic mass is 16.2. The van der Waals surface area contributed by atoms with Gasteiger partial charge in [-0.2, -0.15) is 0 Å². The van der Waals surface area contributed by atoms with Gasteiger partial charge in [-0.15, -0.1) is 0 Å². The molecule has 2 aromatic rings. The maximum absolute atomic E-state index is 12.8. The van der Waals surface area contributed by atoms with Crippen molar-refractivity contribution >= 4 is 11.8 Å². The van der Waals surface area contributed by atoms with Gasteiger partial charge in [-0.1, -0.05) is 12.8 Å². The Labute approximate surface area is 158 Å². The van der Waals surface area contributed by atoms with Gasteiger partial charge in [-0.05, 0) is 49.8 Å². The number of amides is 2. The molecule has 7 heteroatoms. The van der Waals surface area contributed by atoms with Crippen LogP contribution in [0.4, 0.5) is 0 Å². The van der Waals surface area contributed by atoms with Gasteiger partial charge in [-0.3, -0.25) is 14.6 Å². The number of carbonyl (C=O) groups excluding carboxylic acids is 2. The molecule has 2 amide bonds. The van der Waals surface area contributed by atoms with Crippen molar-refractivity contribution in [1.82, 2.24) is 25.2 Å². The highest BCUT2D eigenvalue weighted by Gasteiger charge is 2.28. The summed E-state index contributed by atoms with van der Waals surface area (Å²) in [5.74, 6) is -0.0362. The second kappa shape index (κ2) is 7.90. The standard InChI is InChI=1S/C20H25N5O2/c26-19(23-15-5-1-2-6-15)17-16-7-3-4-12-25(16)18(24-17)20(27)22-13-14-8-10-21-11-9-14/h8-11,15H,1-7,12-13H2,(H,22,27)(H,23,26).